The second kappa shape index (κ2) is 7.45. The molecule has 0 fully saturated rings. The van der Waals surface area contributed by atoms with E-state index in [0.717, 1.165) is 6.07 Å². The molecule has 3 atom stereocenters. The number of aliphatic hydroxyl groups excluding tert-OH is 1. The van der Waals surface area contributed by atoms with Gasteiger partial charge in [-0.05, 0) is 55.8 Å². The zero-order valence-corrected chi connectivity index (χ0v) is 15.9. The van der Waals surface area contributed by atoms with E-state index in [1.165, 1.54) is 13.0 Å². The first-order chi connectivity index (χ1) is 10.7. The van der Waals surface area contributed by atoms with Crippen LogP contribution in [0.4, 0.5) is 17.6 Å². The minimum Gasteiger partial charge on any atom is -0.598 e. The van der Waals surface area contributed by atoms with Crippen LogP contribution in [0.25, 0.3) is 0 Å². The zero-order valence-electron chi connectivity index (χ0n) is 13.5. The molecule has 0 aromatic carbocycles. The van der Waals surface area contributed by atoms with Crippen molar-refractivity contribution in [3.05, 3.63) is 28.2 Å². The Labute approximate surface area is 149 Å². The van der Waals surface area contributed by atoms with Gasteiger partial charge in [0.2, 0.25) is 0 Å². The molecule has 138 valence electrons. The van der Waals surface area contributed by atoms with Crippen LogP contribution in [0.3, 0.4) is 0 Å². The van der Waals surface area contributed by atoms with E-state index >= 15 is 0 Å². The van der Waals surface area contributed by atoms with E-state index in [2.05, 4.69) is 25.6 Å². The second-order valence-electron chi connectivity index (χ2n) is 6.54. The monoisotopic (exact) mass is 434 g/mol. The number of halogens is 5. The first kappa shape index (κ1) is 21.6. The predicted octanol–water partition coefficient (Wildman–Crippen LogP) is 3.56. The summed E-state index contributed by atoms with van der Waals surface area (Å²) in [4.78, 5) is 3.88. The van der Waals surface area contributed by atoms with Crippen LogP contribution in [0, 0.1) is 5.82 Å². The molecule has 0 saturated carbocycles. The minimum atomic E-state index is -4.89. The zero-order chi connectivity index (χ0) is 18.9. The molecule has 1 rings (SSSR count). The lowest BCUT2D eigenvalue weighted by Gasteiger charge is -2.36. The quantitative estimate of drug-likeness (QED) is 0.422. The highest BCUT2D eigenvalue weighted by atomic mass is 79.9. The molecule has 0 unspecified atom stereocenters. The lowest BCUT2D eigenvalue weighted by molar-refractivity contribution is -0.209. The molecule has 0 amide bonds. The maximum atomic E-state index is 14.2. The number of pyridine rings is 1. The van der Waals surface area contributed by atoms with Gasteiger partial charge in [-0.1, -0.05) is 0 Å². The van der Waals surface area contributed by atoms with E-state index in [1.807, 2.05) is 0 Å². The fourth-order valence-corrected chi connectivity index (χ4v) is 3.06. The Morgan fingerprint density at radius 1 is 1.29 bits per heavy atom. The molecule has 0 spiro atoms. The van der Waals surface area contributed by atoms with Gasteiger partial charge in [0.15, 0.2) is 6.10 Å². The van der Waals surface area contributed by atoms with Gasteiger partial charge in [-0.2, -0.15) is 13.2 Å². The molecule has 1 aromatic rings. The third-order valence-corrected chi connectivity index (χ3v) is 5.38. The summed E-state index contributed by atoms with van der Waals surface area (Å²) in [5, 5.41) is 9.43. The Balaban J connectivity index is 3.32. The van der Waals surface area contributed by atoms with Gasteiger partial charge < -0.3 is 9.66 Å². The van der Waals surface area contributed by atoms with E-state index in [9.17, 15) is 27.2 Å². The van der Waals surface area contributed by atoms with Gasteiger partial charge in [-0.25, -0.2) is 9.37 Å². The predicted molar refractivity (Wildman–Crippen MR) is 87.0 cm³/mol. The van der Waals surface area contributed by atoms with E-state index in [1.54, 1.807) is 20.8 Å². The van der Waals surface area contributed by atoms with Crippen molar-refractivity contribution >= 4 is 27.3 Å². The van der Waals surface area contributed by atoms with Crippen molar-refractivity contribution in [3.8, 4) is 0 Å². The summed E-state index contributed by atoms with van der Waals surface area (Å²) in [7, 11) is 0. The lowest BCUT2D eigenvalue weighted by Crippen LogP contribution is -2.53. The van der Waals surface area contributed by atoms with Crippen LogP contribution in [-0.4, -0.2) is 31.7 Å². The SMILES string of the molecule is CC(C)(C)[S@@+]([O-])N[C@@](C)(C[C@@H](O)C(F)(F)F)c1nc(Br)ccc1F. The Morgan fingerprint density at radius 2 is 1.83 bits per heavy atom. The molecule has 0 aliphatic carbocycles. The molecule has 24 heavy (non-hydrogen) atoms. The van der Waals surface area contributed by atoms with E-state index in [-0.39, 0.29) is 10.3 Å². The average Bonchev–Trinajstić information content (AvgIpc) is 2.39. The standard InChI is InChI=1S/C14H19BrF4N2O2S/c1-12(2,3)24(23)21-13(4,7-9(22)14(17,18)19)11-8(16)5-6-10(15)20-11/h5-6,9,21-22H,7H2,1-4H3/t9-,13+,24-/m1/s1. The van der Waals surface area contributed by atoms with E-state index < -0.39 is 46.2 Å². The topological polar surface area (TPSA) is 68.2 Å². The molecule has 0 saturated heterocycles. The third kappa shape index (κ3) is 5.55. The summed E-state index contributed by atoms with van der Waals surface area (Å²) in [6, 6.07) is 2.33. The largest absolute Gasteiger partial charge is 0.598 e. The number of alkyl halides is 3. The highest BCUT2D eigenvalue weighted by Gasteiger charge is 2.48. The van der Waals surface area contributed by atoms with Crippen molar-refractivity contribution in [1.82, 2.24) is 9.71 Å². The number of nitrogens with zero attached hydrogens (tertiary/aromatic N) is 1. The lowest BCUT2D eigenvalue weighted by atomic mass is 9.90. The highest BCUT2D eigenvalue weighted by molar-refractivity contribution is 9.10. The van der Waals surface area contributed by atoms with E-state index in [0.29, 0.717) is 0 Å². The highest BCUT2D eigenvalue weighted by Crippen LogP contribution is 2.35. The summed E-state index contributed by atoms with van der Waals surface area (Å²) in [5.41, 5.74) is -2.17. The van der Waals surface area contributed by atoms with Crippen LogP contribution in [0.5, 0.6) is 0 Å². The van der Waals surface area contributed by atoms with Gasteiger partial charge in [0, 0.05) is 17.8 Å². The van der Waals surface area contributed by atoms with Crippen LogP contribution >= 0.6 is 15.9 Å². The normalized spacial score (nSPS) is 18.1. The number of aromatic nitrogens is 1. The summed E-state index contributed by atoms with van der Waals surface area (Å²) in [5.74, 6) is -0.867. The van der Waals surface area contributed by atoms with Gasteiger partial charge in [0.05, 0.1) is 0 Å². The molecule has 2 N–H and O–H groups in total. The number of hydrogen-bond donors (Lipinski definition) is 2. The second-order valence-corrected chi connectivity index (χ2v) is 9.32. The molecule has 0 aliphatic rings. The molecular formula is C14H19BrF4N2O2S. The van der Waals surface area contributed by atoms with E-state index in [4.69, 9.17) is 0 Å². The fourth-order valence-electron chi connectivity index (χ4n) is 1.85. The molecule has 1 aromatic heterocycles. The van der Waals surface area contributed by atoms with Crippen LogP contribution < -0.4 is 4.72 Å². The molecule has 0 bridgehead atoms. The van der Waals surface area contributed by atoms with Crippen LogP contribution in [0.2, 0.25) is 0 Å². The number of aliphatic hydroxyl groups is 1. The minimum absolute atomic E-state index is 0.204. The Hall–Kier alpha value is -0.420. The van der Waals surface area contributed by atoms with Crippen LogP contribution in [-0.2, 0) is 16.9 Å². The first-order valence-corrected chi connectivity index (χ1v) is 8.88. The van der Waals surface area contributed by atoms with Crippen molar-refractivity contribution in [3.63, 3.8) is 0 Å². The van der Waals surface area contributed by atoms with Crippen LogP contribution in [0.15, 0.2) is 16.7 Å². The Kier molecular flexibility index (Phi) is 6.71. The molecule has 4 nitrogen and oxygen atoms in total. The van der Waals surface area contributed by atoms with Crippen molar-refractivity contribution in [1.29, 1.82) is 0 Å². The Morgan fingerprint density at radius 3 is 2.29 bits per heavy atom. The van der Waals surface area contributed by atoms with Crippen LogP contribution in [0.1, 0.15) is 39.8 Å². The van der Waals surface area contributed by atoms with Gasteiger partial charge in [-0.15, -0.1) is 4.72 Å². The van der Waals surface area contributed by atoms with Gasteiger partial charge in [0.1, 0.15) is 26.4 Å². The van der Waals surface area contributed by atoms with Gasteiger partial charge >= 0.3 is 6.18 Å². The summed E-state index contributed by atoms with van der Waals surface area (Å²) in [6.07, 6.45) is -8.57. The Bertz CT molecular complexity index is 559. The first-order valence-electron chi connectivity index (χ1n) is 6.94. The average molecular weight is 435 g/mol. The summed E-state index contributed by atoms with van der Waals surface area (Å²) < 4.78 is 66.7. The van der Waals surface area contributed by atoms with Crippen molar-refractivity contribution in [2.45, 2.75) is 56.7 Å². The number of hydrogen-bond acceptors (Lipinski definition) is 4. The molecule has 1 heterocycles. The maximum absolute atomic E-state index is 14.2. The maximum Gasteiger partial charge on any atom is 0.414 e. The summed E-state index contributed by atoms with van der Waals surface area (Å²) >= 11 is 1.22. The van der Waals surface area contributed by atoms with Crippen molar-refractivity contribution in [2.24, 2.45) is 0 Å². The van der Waals surface area contributed by atoms with Crippen molar-refractivity contribution < 1.29 is 27.2 Å². The molecule has 10 heteroatoms. The van der Waals surface area contributed by atoms with Crippen molar-refractivity contribution in [2.75, 3.05) is 0 Å². The number of nitrogens with one attached hydrogen (secondary N) is 1. The molecule has 0 radical (unpaired) electrons. The van der Waals surface area contributed by atoms with Gasteiger partial charge in [0.25, 0.3) is 0 Å². The summed E-state index contributed by atoms with van der Waals surface area (Å²) in [6.45, 7) is 6.06. The smallest absolute Gasteiger partial charge is 0.414 e. The number of rotatable bonds is 5. The molecular weight excluding hydrogens is 416 g/mol. The fraction of sp³-hybridized carbons (Fsp3) is 0.643. The third-order valence-electron chi connectivity index (χ3n) is 3.19. The molecule has 0 aliphatic heterocycles. The van der Waals surface area contributed by atoms with Gasteiger partial charge in [-0.3, -0.25) is 0 Å².